The van der Waals surface area contributed by atoms with Crippen LogP contribution in [0, 0.1) is 0 Å². The molecule has 0 radical (unpaired) electrons. The van der Waals surface area contributed by atoms with Crippen LogP contribution in [0.15, 0.2) is 30.3 Å². The highest BCUT2D eigenvalue weighted by Gasteiger charge is 2.16. The Balaban J connectivity index is 1.98. The molecule has 0 spiro atoms. The van der Waals surface area contributed by atoms with Gasteiger partial charge in [0.1, 0.15) is 4.71 Å². The zero-order valence-corrected chi connectivity index (χ0v) is 12.1. The van der Waals surface area contributed by atoms with Gasteiger partial charge in [-0.2, -0.15) is 0 Å². The molecule has 1 aliphatic rings. The lowest BCUT2D eigenvalue weighted by atomic mass is 10.2. The lowest BCUT2D eigenvalue weighted by Gasteiger charge is -2.28. The molecule has 0 atom stereocenters. The van der Waals surface area contributed by atoms with E-state index in [1.165, 1.54) is 42.9 Å². The molecule has 0 aromatic heterocycles. The van der Waals surface area contributed by atoms with Crippen molar-refractivity contribution < 1.29 is 0 Å². The number of nitrogens with zero attached hydrogens (tertiary/aromatic N) is 1. The minimum atomic E-state index is 0.579. The van der Waals surface area contributed by atoms with E-state index in [-0.39, 0.29) is 0 Å². The van der Waals surface area contributed by atoms with Gasteiger partial charge >= 0.3 is 0 Å². The molecule has 0 bridgehead atoms. The average molecular weight is 267 g/mol. The van der Waals surface area contributed by atoms with Gasteiger partial charge in [0.2, 0.25) is 0 Å². The second kappa shape index (κ2) is 7.22. The zero-order valence-electron chi connectivity index (χ0n) is 10.5. The van der Waals surface area contributed by atoms with Gasteiger partial charge in [-0.05, 0) is 36.5 Å². The molecule has 0 aliphatic carbocycles. The van der Waals surface area contributed by atoms with E-state index in [2.05, 4.69) is 65.8 Å². The normalized spacial score (nSPS) is 19.1. The Bertz CT molecular complexity index is 305. The first-order chi connectivity index (χ1) is 8.38. The number of thioether (sulfide) groups is 2. The monoisotopic (exact) mass is 267 g/mol. The second-order valence-corrected chi connectivity index (χ2v) is 7.08. The highest BCUT2D eigenvalue weighted by atomic mass is 32.2. The molecule has 1 nitrogen and oxygen atoms in total. The molecule has 0 saturated carbocycles. The van der Waals surface area contributed by atoms with Crippen LogP contribution in [0.3, 0.4) is 0 Å². The van der Waals surface area contributed by atoms with E-state index in [1.807, 2.05) is 0 Å². The summed E-state index contributed by atoms with van der Waals surface area (Å²) in [4.78, 5) is 2.42. The number of para-hydroxylation sites is 1. The Morgan fingerprint density at radius 2 is 1.53 bits per heavy atom. The molecular formula is C14H21NS2. The van der Waals surface area contributed by atoms with E-state index >= 15 is 0 Å². The van der Waals surface area contributed by atoms with Crippen molar-refractivity contribution in [3.63, 3.8) is 0 Å². The molecule has 0 unspecified atom stereocenters. The highest BCUT2D eigenvalue weighted by Crippen LogP contribution is 2.32. The second-order valence-electron chi connectivity index (χ2n) is 4.41. The maximum absolute atomic E-state index is 2.42. The Labute approximate surface area is 113 Å². The van der Waals surface area contributed by atoms with Crippen molar-refractivity contribution in [3.05, 3.63) is 30.3 Å². The summed E-state index contributed by atoms with van der Waals surface area (Å²) >= 11 is 4.21. The fourth-order valence-electron chi connectivity index (χ4n) is 1.98. The summed E-state index contributed by atoms with van der Waals surface area (Å²) in [6.07, 6.45) is 5.58. The minimum absolute atomic E-state index is 0.579. The average Bonchev–Trinajstić information content (AvgIpc) is 2.52. The summed E-state index contributed by atoms with van der Waals surface area (Å²) in [6, 6.07) is 10.7. The summed E-state index contributed by atoms with van der Waals surface area (Å²) < 4.78 is 0.579. The van der Waals surface area contributed by atoms with Crippen LogP contribution in [0.25, 0.3) is 0 Å². The van der Waals surface area contributed by atoms with E-state index in [0.29, 0.717) is 4.71 Å². The molecule has 1 aromatic carbocycles. The lowest BCUT2D eigenvalue weighted by Crippen LogP contribution is -2.26. The van der Waals surface area contributed by atoms with Gasteiger partial charge in [-0.25, -0.2) is 0 Å². The Morgan fingerprint density at radius 1 is 0.941 bits per heavy atom. The van der Waals surface area contributed by atoms with Crippen molar-refractivity contribution in [1.82, 2.24) is 0 Å². The third-order valence-corrected chi connectivity index (χ3v) is 6.11. The summed E-state index contributed by atoms with van der Waals surface area (Å²) in [5, 5.41) is 0. The molecule has 0 N–H and O–H groups in total. The van der Waals surface area contributed by atoms with Gasteiger partial charge in [0, 0.05) is 12.7 Å². The van der Waals surface area contributed by atoms with Gasteiger partial charge in [0.05, 0.1) is 0 Å². The van der Waals surface area contributed by atoms with Crippen LogP contribution in [-0.4, -0.2) is 23.3 Å². The molecule has 17 heavy (non-hydrogen) atoms. The smallest absolute Gasteiger partial charge is 0.122 e. The largest absolute Gasteiger partial charge is 0.354 e. The molecule has 1 heterocycles. The number of rotatable bonds is 2. The molecule has 0 amide bonds. The molecule has 1 fully saturated rings. The topological polar surface area (TPSA) is 3.24 Å². The highest BCUT2D eigenvalue weighted by molar-refractivity contribution is 8.17. The van der Waals surface area contributed by atoms with Crippen LogP contribution in [0.2, 0.25) is 0 Å². The van der Waals surface area contributed by atoms with Crippen LogP contribution in [-0.2, 0) is 0 Å². The molecule has 1 aromatic rings. The predicted molar refractivity (Wildman–Crippen MR) is 82.0 cm³/mol. The van der Waals surface area contributed by atoms with E-state index < -0.39 is 0 Å². The van der Waals surface area contributed by atoms with Crippen molar-refractivity contribution in [1.29, 1.82) is 0 Å². The molecular weight excluding hydrogens is 246 g/mol. The standard InChI is InChI=1S/C14H21NS2/c1-15(13-9-5-4-6-10-13)14-16-11-7-2-3-8-12-17-14/h4-6,9-10,14H,2-3,7-8,11-12H2,1H3. The van der Waals surface area contributed by atoms with Crippen molar-refractivity contribution in [2.45, 2.75) is 30.4 Å². The number of hydrogen-bond acceptors (Lipinski definition) is 3. The molecule has 94 valence electrons. The molecule has 3 heteroatoms. The van der Waals surface area contributed by atoms with Crippen LogP contribution in [0.1, 0.15) is 25.7 Å². The van der Waals surface area contributed by atoms with Crippen LogP contribution in [0.4, 0.5) is 5.69 Å². The Hall–Kier alpha value is -0.280. The summed E-state index contributed by atoms with van der Waals surface area (Å²) in [6.45, 7) is 0. The van der Waals surface area contributed by atoms with Gasteiger partial charge in [0.15, 0.2) is 0 Å². The van der Waals surface area contributed by atoms with Crippen LogP contribution < -0.4 is 4.90 Å². The number of hydrogen-bond donors (Lipinski definition) is 0. The summed E-state index contributed by atoms with van der Waals surface area (Å²) in [7, 11) is 2.22. The third-order valence-electron chi connectivity index (χ3n) is 3.04. The third kappa shape index (κ3) is 4.14. The first-order valence-electron chi connectivity index (χ1n) is 6.39. The SMILES string of the molecule is CN(c1ccccc1)C1SCCCCCCS1. The number of anilines is 1. The van der Waals surface area contributed by atoms with Gasteiger partial charge in [-0.15, -0.1) is 23.5 Å². The zero-order chi connectivity index (χ0) is 11.9. The fourth-order valence-corrected chi connectivity index (χ4v) is 4.78. The molecule has 2 rings (SSSR count). The summed E-state index contributed by atoms with van der Waals surface area (Å²) in [5.41, 5.74) is 1.33. The van der Waals surface area contributed by atoms with Crippen molar-refractivity contribution in [3.8, 4) is 0 Å². The van der Waals surface area contributed by atoms with Crippen molar-refractivity contribution >= 4 is 29.2 Å². The van der Waals surface area contributed by atoms with Crippen LogP contribution in [0.5, 0.6) is 0 Å². The minimum Gasteiger partial charge on any atom is -0.354 e. The van der Waals surface area contributed by atoms with Gasteiger partial charge in [-0.3, -0.25) is 0 Å². The van der Waals surface area contributed by atoms with E-state index in [1.54, 1.807) is 0 Å². The molecule has 1 saturated heterocycles. The van der Waals surface area contributed by atoms with Crippen LogP contribution >= 0.6 is 23.5 Å². The van der Waals surface area contributed by atoms with E-state index in [4.69, 9.17) is 0 Å². The van der Waals surface area contributed by atoms with Gasteiger partial charge in [0.25, 0.3) is 0 Å². The van der Waals surface area contributed by atoms with Crippen molar-refractivity contribution in [2.75, 3.05) is 23.5 Å². The fraction of sp³-hybridized carbons (Fsp3) is 0.571. The van der Waals surface area contributed by atoms with E-state index in [9.17, 15) is 0 Å². The summed E-state index contributed by atoms with van der Waals surface area (Å²) in [5.74, 6) is 2.60. The van der Waals surface area contributed by atoms with E-state index in [0.717, 1.165) is 0 Å². The maximum atomic E-state index is 2.42. The maximum Gasteiger partial charge on any atom is 0.122 e. The number of benzene rings is 1. The Kier molecular flexibility index (Phi) is 5.59. The van der Waals surface area contributed by atoms with Gasteiger partial charge in [-0.1, -0.05) is 31.0 Å². The van der Waals surface area contributed by atoms with Gasteiger partial charge < -0.3 is 4.90 Å². The first-order valence-corrected chi connectivity index (χ1v) is 8.49. The van der Waals surface area contributed by atoms with Crippen molar-refractivity contribution in [2.24, 2.45) is 0 Å². The molecule has 1 aliphatic heterocycles. The first kappa shape index (κ1) is 13.2. The quantitative estimate of drug-likeness (QED) is 0.779. The lowest BCUT2D eigenvalue weighted by molar-refractivity contribution is 0.713. The predicted octanol–water partition coefficient (Wildman–Crippen LogP) is 4.45. The Morgan fingerprint density at radius 3 is 2.12 bits per heavy atom.